The van der Waals surface area contributed by atoms with E-state index in [0.717, 1.165) is 16.6 Å². The Morgan fingerprint density at radius 2 is 1.96 bits per heavy atom. The fourth-order valence-corrected chi connectivity index (χ4v) is 3.80. The topological polar surface area (TPSA) is 86.7 Å². The van der Waals surface area contributed by atoms with Crippen LogP contribution in [-0.4, -0.2) is 22.0 Å². The smallest absolute Gasteiger partial charge is 0.279 e. The minimum Gasteiger partial charge on any atom is -0.494 e. The summed E-state index contributed by atoms with van der Waals surface area (Å²) in [7, 11) is 0. The maximum absolute atomic E-state index is 12.6. The van der Waals surface area contributed by atoms with Gasteiger partial charge in [0.05, 0.1) is 21.7 Å². The largest absolute Gasteiger partial charge is 0.494 e. The van der Waals surface area contributed by atoms with Gasteiger partial charge >= 0.3 is 0 Å². The quantitative estimate of drug-likeness (QED) is 0.471. The normalized spacial score (nSPS) is 11.7. The molecule has 0 atom stereocenters. The number of rotatable bonds is 6. The van der Waals surface area contributed by atoms with E-state index in [1.807, 2.05) is 18.4 Å². The van der Waals surface area contributed by atoms with Gasteiger partial charge in [-0.2, -0.15) is 4.99 Å². The molecule has 1 heterocycles. The van der Waals surface area contributed by atoms with Crippen molar-refractivity contribution < 1.29 is 14.5 Å². The first-order valence-electron chi connectivity index (χ1n) is 8.63. The molecule has 3 aromatic rings. The van der Waals surface area contributed by atoms with Crippen molar-refractivity contribution in [3.8, 4) is 5.75 Å². The second-order valence-electron chi connectivity index (χ2n) is 5.82. The Balaban J connectivity index is 2.04. The number of carbonyl (C=O) groups is 1. The first-order chi connectivity index (χ1) is 13.0. The van der Waals surface area contributed by atoms with Crippen molar-refractivity contribution in [2.75, 3.05) is 6.61 Å². The average Bonchev–Trinajstić information content (AvgIpc) is 2.99. The summed E-state index contributed by atoms with van der Waals surface area (Å²) in [5, 5.41) is 11.0. The highest BCUT2D eigenvalue weighted by molar-refractivity contribution is 7.16. The van der Waals surface area contributed by atoms with Crippen LogP contribution >= 0.6 is 11.3 Å². The van der Waals surface area contributed by atoms with Crippen molar-refractivity contribution in [1.82, 2.24) is 4.57 Å². The highest BCUT2D eigenvalue weighted by Crippen LogP contribution is 2.23. The van der Waals surface area contributed by atoms with Crippen molar-refractivity contribution in [2.24, 2.45) is 4.99 Å². The summed E-state index contributed by atoms with van der Waals surface area (Å²) >= 11 is 1.28. The summed E-state index contributed by atoms with van der Waals surface area (Å²) in [6.07, 6.45) is 0.854. The number of nitro benzene ring substituents is 1. The second kappa shape index (κ2) is 8.13. The minimum absolute atomic E-state index is 0.0248. The van der Waals surface area contributed by atoms with Crippen molar-refractivity contribution in [3.05, 3.63) is 62.9 Å². The maximum atomic E-state index is 12.6. The average molecular weight is 385 g/mol. The predicted molar refractivity (Wildman–Crippen MR) is 104 cm³/mol. The lowest BCUT2D eigenvalue weighted by Crippen LogP contribution is -2.16. The van der Waals surface area contributed by atoms with Gasteiger partial charge in [0, 0.05) is 24.2 Å². The molecule has 0 saturated heterocycles. The number of amides is 1. The van der Waals surface area contributed by atoms with Crippen molar-refractivity contribution in [1.29, 1.82) is 0 Å². The third kappa shape index (κ3) is 4.06. The van der Waals surface area contributed by atoms with Crippen LogP contribution in [0, 0.1) is 10.1 Å². The zero-order valence-corrected chi connectivity index (χ0v) is 15.9. The molecule has 7 nitrogen and oxygen atoms in total. The van der Waals surface area contributed by atoms with Crippen molar-refractivity contribution >= 4 is 33.1 Å². The van der Waals surface area contributed by atoms with E-state index in [-0.39, 0.29) is 11.6 Å². The zero-order chi connectivity index (χ0) is 19.4. The monoisotopic (exact) mass is 385 g/mol. The van der Waals surface area contributed by atoms with Gasteiger partial charge in [-0.25, -0.2) is 0 Å². The number of aryl methyl sites for hydroxylation is 1. The molecule has 0 unspecified atom stereocenters. The third-order valence-corrected chi connectivity index (χ3v) is 4.97. The maximum Gasteiger partial charge on any atom is 0.279 e. The van der Waals surface area contributed by atoms with Crippen LogP contribution in [0.1, 0.15) is 30.6 Å². The lowest BCUT2D eigenvalue weighted by molar-refractivity contribution is -0.384. The predicted octanol–water partition coefficient (Wildman–Crippen LogP) is 4.16. The number of thiazole rings is 1. The molecule has 1 amide bonds. The molecule has 1 aromatic heterocycles. The second-order valence-corrected chi connectivity index (χ2v) is 6.83. The molecule has 0 N–H and O–H groups in total. The molecular formula is C19H19N3O4S. The fraction of sp³-hybridized carbons (Fsp3) is 0.263. The Labute approximate surface area is 159 Å². The van der Waals surface area contributed by atoms with E-state index < -0.39 is 4.92 Å². The summed E-state index contributed by atoms with van der Waals surface area (Å²) in [4.78, 5) is 28.0. The Hall–Kier alpha value is -3.00. The van der Waals surface area contributed by atoms with Gasteiger partial charge in [-0.05, 0) is 43.7 Å². The lowest BCUT2D eigenvalue weighted by atomic mass is 10.2. The van der Waals surface area contributed by atoms with Gasteiger partial charge in [0.1, 0.15) is 5.75 Å². The van der Waals surface area contributed by atoms with Gasteiger partial charge in [-0.15, -0.1) is 0 Å². The molecule has 0 saturated carbocycles. The fourth-order valence-electron chi connectivity index (χ4n) is 2.71. The van der Waals surface area contributed by atoms with Crippen LogP contribution in [0.15, 0.2) is 47.5 Å². The number of hydrogen-bond acceptors (Lipinski definition) is 5. The van der Waals surface area contributed by atoms with Crippen LogP contribution in [0.4, 0.5) is 5.69 Å². The molecule has 0 aliphatic heterocycles. The van der Waals surface area contributed by atoms with Crippen molar-refractivity contribution in [3.63, 3.8) is 0 Å². The van der Waals surface area contributed by atoms with Crippen LogP contribution in [0.25, 0.3) is 10.2 Å². The number of non-ortho nitro benzene ring substituents is 1. The van der Waals surface area contributed by atoms with Gasteiger partial charge < -0.3 is 9.30 Å². The SMILES string of the molecule is CCCn1c(=NC(=O)c2ccc(OCC)cc2)sc2cc([N+](=O)[O-])ccc21. The third-order valence-electron chi connectivity index (χ3n) is 3.93. The van der Waals surface area contributed by atoms with E-state index in [2.05, 4.69) is 4.99 Å². The molecule has 0 fully saturated rings. The summed E-state index contributed by atoms with van der Waals surface area (Å²) in [6, 6.07) is 11.5. The first-order valence-corrected chi connectivity index (χ1v) is 9.44. The van der Waals surface area contributed by atoms with Gasteiger partial charge in [-0.3, -0.25) is 14.9 Å². The van der Waals surface area contributed by atoms with Crippen LogP contribution in [0.2, 0.25) is 0 Å². The summed E-state index contributed by atoms with van der Waals surface area (Å²) < 4.78 is 8.04. The van der Waals surface area contributed by atoms with E-state index in [0.29, 0.717) is 29.3 Å². The first kappa shape index (κ1) is 18.8. The molecule has 3 rings (SSSR count). The molecule has 27 heavy (non-hydrogen) atoms. The summed E-state index contributed by atoms with van der Waals surface area (Å²) in [6.45, 7) is 5.16. The van der Waals surface area contributed by atoms with Gasteiger partial charge in [0.2, 0.25) is 0 Å². The number of ether oxygens (including phenoxy) is 1. The Morgan fingerprint density at radius 3 is 2.59 bits per heavy atom. The van der Waals surface area contributed by atoms with Crippen LogP contribution < -0.4 is 9.54 Å². The number of hydrogen-bond donors (Lipinski definition) is 0. The summed E-state index contributed by atoms with van der Waals surface area (Å²) in [5.74, 6) is 0.341. The molecule has 0 radical (unpaired) electrons. The van der Waals surface area contributed by atoms with E-state index in [1.165, 1.54) is 23.5 Å². The number of fused-ring (bicyclic) bond motifs is 1. The molecular weight excluding hydrogens is 366 g/mol. The standard InChI is InChI=1S/C19H19N3O4S/c1-3-11-21-16-10-7-14(22(24)25)12-17(16)27-19(21)20-18(23)13-5-8-15(9-6-13)26-4-2/h5-10,12H,3-4,11H2,1-2H3. The molecule has 0 bridgehead atoms. The minimum atomic E-state index is -0.425. The number of aromatic nitrogens is 1. The van der Waals surface area contributed by atoms with Crippen LogP contribution in [0.5, 0.6) is 5.75 Å². The number of benzene rings is 2. The van der Waals surface area contributed by atoms with Gasteiger partial charge in [-0.1, -0.05) is 18.3 Å². The Kier molecular flexibility index (Phi) is 5.66. The number of nitro groups is 1. The molecule has 0 spiro atoms. The van der Waals surface area contributed by atoms with Crippen LogP contribution in [0.3, 0.4) is 0 Å². The van der Waals surface area contributed by atoms with E-state index in [1.54, 1.807) is 30.3 Å². The van der Waals surface area contributed by atoms with Crippen molar-refractivity contribution in [2.45, 2.75) is 26.8 Å². The molecule has 2 aromatic carbocycles. The Bertz CT molecular complexity index is 1050. The van der Waals surface area contributed by atoms with E-state index in [4.69, 9.17) is 4.74 Å². The zero-order valence-electron chi connectivity index (χ0n) is 15.0. The van der Waals surface area contributed by atoms with E-state index in [9.17, 15) is 14.9 Å². The van der Waals surface area contributed by atoms with Gasteiger partial charge in [0.15, 0.2) is 4.80 Å². The van der Waals surface area contributed by atoms with Gasteiger partial charge in [0.25, 0.3) is 11.6 Å². The molecule has 8 heteroatoms. The summed E-state index contributed by atoms with van der Waals surface area (Å²) in [5.41, 5.74) is 1.33. The highest BCUT2D eigenvalue weighted by Gasteiger charge is 2.13. The van der Waals surface area contributed by atoms with Crippen LogP contribution in [-0.2, 0) is 6.54 Å². The Morgan fingerprint density at radius 1 is 1.22 bits per heavy atom. The van der Waals surface area contributed by atoms with E-state index >= 15 is 0 Å². The lowest BCUT2D eigenvalue weighted by Gasteiger charge is -2.03. The molecule has 140 valence electrons. The molecule has 0 aliphatic carbocycles. The highest BCUT2D eigenvalue weighted by atomic mass is 32.1. The number of nitrogens with zero attached hydrogens (tertiary/aromatic N) is 3. The molecule has 0 aliphatic rings. The number of carbonyl (C=O) groups excluding carboxylic acids is 1.